The van der Waals surface area contributed by atoms with Gasteiger partial charge in [-0.15, -0.1) is 0 Å². The zero-order valence-corrected chi connectivity index (χ0v) is 14.4. The van der Waals surface area contributed by atoms with Gasteiger partial charge in [-0.1, -0.05) is 11.6 Å². The van der Waals surface area contributed by atoms with Gasteiger partial charge < -0.3 is 8.92 Å². The van der Waals surface area contributed by atoms with Crippen molar-refractivity contribution in [2.45, 2.75) is 19.8 Å². The monoisotopic (exact) mass is 377 g/mol. The smallest absolute Gasteiger partial charge is 0.278 e. The summed E-state index contributed by atoms with van der Waals surface area (Å²) in [6.45, 7) is 2.26. The van der Waals surface area contributed by atoms with E-state index in [1.165, 1.54) is 18.6 Å². The predicted molar refractivity (Wildman–Crippen MR) is 86.2 cm³/mol. The lowest BCUT2D eigenvalue weighted by molar-refractivity contribution is -0.0243. The molecule has 0 saturated heterocycles. The SMILES string of the molecule is CCOSOc1cc(Cl)cnc1-c1cnc(OCC(C)(F)F)cn1. The number of aromatic nitrogens is 3. The molecule has 0 amide bonds. The minimum absolute atomic E-state index is 0.0135. The Kier molecular flexibility index (Phi) is 6.52. The molecular weight excluding hydrogens is 364 g/mol. The van der Waals surface area contributed by atoms with Gasteiger partial charge in [-0.25, -0.2) is 23.7 Å². The second kappa shape index (κ2) is 8.41. The lowest BCUT2D eigenvalue weighted by Gasteiger charge is -2.11. The molecule has 0 saturated carbocycles. The maximum atomic E-state index is 12.8. The Labute approximate surface area is 146 Å². The van der Waals surface area contributed by atoms with E-state index in [0.29, 0.717) is 28.8 Å². The van der Waals surface area contributed by atoms with Crippen molar-refractivity contribution in [2.24, 2.45) is 0 Å². The average molecular weight is 378 g/mol. The number of rotatable bonds is 8. The molecule has 0 aliphatic rings. The largest absolute Gasteiger partial charge is 0.470 e. The highest BCUT2D eigenvalue weighted by molar-refractivity contribution is 7.90. The normalized spacial score (nSPS) is 11.4. The summed E-state index contributed by atoms with van der Waals surface area (Å²) >= 11 is 6.69. The fourth-order valence-electron chi connectivity index (χ4n) is 1.50. The molecule has 0 atom stereocenters. The van der Waals surface area contributed by atoms with Crippen molar-refractivity contribution in [3.05, 3.63) is 29.7 Å². The van der Waals surface area contributed by atoms with Crippen LogP contribution in [0.2, 0.25) is 5.02 Å². The predicted octanol–water partition coefficient (Wildman–Crippen LogP) is 4.20. The number of hydrogen-bond donors (Lipinski definition) is 0. The molecule has 2 heterocycles. The molecule has 130 valence electrons. The van der Waals surface area contributed by atoms with Gasteiger partial charge in [0.25, 0.3) is 5.92 Å². The number of hydrogen-bond acceptors (Lipinski definition) is 7. The van der Waals surface area contributed by atoms with Crippen LogP contribution >= 0.6 is 23.9 Å². The van der Waals surface area contributed by atoms with Crippen molar-refractivity contribution in [1.29, 1.82) is 0 Å². The van der Waals surface area contributed by atoms with Crippen LogP contribution in [0.5, 0.6) is 11.6 Å². The number of ether oxygens (including phenoxy) is 1. The molecule has 2 aromatic heterocycles. The third-order valence-electron chi connectivity index (χ3n) is 2.45. The topological polar surface area (TPSA) is 66.4 Å². The molecule has 24 heavy (non-hydrogen) atoms. The highest BCUT2D eigenvalue weighted by Crippen LogP contribution is 2.31. The summed E-state index contributed by atoms with van der Waals surface area (Å²) in [6.07, 6.45) is 4.01. The summed E-state index contributed by atoms with van der Waals surface area (Å²) in [5.74, 6) is -2.63. The Bertz CT molecular complexity index is 671. The summed E-state index contributed by atoms with van der Waals surface area (Å²) in [4.78, 5) is 12.2. The Morgan fingerprint density at radius 3 is 2.62 bits per heavy atom. The Hall–Kier alpha value is -1.71. The first-order valence-electron chi connectivity index (χ1n) is 6.84. The van der Waals surface area contributed by atoms with Crippen LogP contribution in [0.3, 0.4) is 0 Å². The van der Waals surface area contributed by atoms with Crippen molar-refractivity contribution < 1.29 is 21.9 Å². The van der Waals surface area contributed by atoms with Crippen LogP contribution in [0.15, 0.2) is 24.7 Å². The summed E-state index contributed by atoms with van der Waals surface area (Å²) in [5.41, 5.74) is 0.751. The second-order valence-corrected chi connectivity index (χ2v) is 5.63. The van der Waals surface area contributed by atoms with Crippen molar-refractivity contribution >= 4 is 23.9 Å². The lowest BCUT2D eigenvalue weighted by Crippen LogP contribution is -2.21. The zero-order valence-electron chi connectivity index (χ0n) is 12.8. The van der Waals surface area contributed by atoms with E-state index in [2.05, 4.69) is 15.0 Å². The van der Waals surface area contributed by atoms with Crippen molar-refractivity contribution in [2.75, 3.05) is 13.2 Å². The number of alkyl halides is 2. The van der Waals surface area contributed by atoms with Crippen LogP contribution in [0.4, 0.5) is 8.78 Å². The molecule has 0 bridgehead atoms. The Morgan fingerprint density at radius 2 is 2.00 bits per heavy atom. The van der Waals surface area contributed by atoms with Crippen molar-refractivity contribution in [1.82, 2.24) is 15.0 Å². The minimum Gasteiger partial charge on any atom is -0.470 e. The summed E-state index contributed by atoms with van der Waals surface area (Å²) < 4.78 is 40.8. The first kappa shape index (κ1) is 18.6. The molecule has 6 nitrogen and oxygen atoms in total. The third-order valence-corrected chi connectivity index (χ3v) is 3.24. The molecule has 2 aromatic rings. The van der Waals surface area contributed by atoms with Gasteiger partial charge in [-0.2, -0.15) is 0 Å². The van der Waals surface area contributed by atoms with Crippen LogP contribution in [0.25, 0.3) is 11.4 Å². The number of halogens is 3. The van der Waals surface area contributed by atoms with Gasteiger partial charge in [0.2, 0.25) is 18.2 Å². The van der Waals surface area contributed by atoms with E-state index in [1.807, 2.05) is 6.92 Å². The summed E-state index contributed by atoms with van der Waals surface area (Å²) in [6, 6.07) is 1.56. The fraction of sp³-hybridized carbons (Fsp3) is 0.357. The van der Waals surface area contributed by atoms with E-state index < -0.39 is 12.5 Å². The molecule has 0 aliphatic carbocycles. The first-order chi connectivity index (χ1) is 11.4. The first-order valence-corrected chi connectivity index (χ1v) is 7.88. The molecule has 0 fully saturated rings. The quantitative estimate of drug-likeness (QED) is 0.504. The summed E-state index contributed by atoms with van der Waals surface area (Å²) in [5, 5.41) is 0.379. The third kappa shape index (κ3) is 5.73. The minimum atomic E-state index is -2.95. The van der Waals surface area contributed by atoms with Gasteiger partial charge in [0.05, 0.1) is 24.0 Å². The van der Waals surface area contributed by atoms with E-state index in [1.54, 1.807) is 6.07 Å². The fourth-order valence-corrected chi connectivity index (χ4v) is 1.99. The molecule has 2 rings (SSSR count). The molecule has 0 aromatic carbocycles. The van der Waals surface area contributed by atoms with E-state index >= 15 is 0 Å². The highest BCUT2D eigenvalue weighted by atomic mass is 35.5. The van der Waals surface area contributed by atoms with Crippen LogP contribution < -0.4 is 8.92 Å². The van der Waals surface area contributed by atoms with Gasteiger partial charge >= 0.3 is 0 Å². The molecule has 0 N–H and O–H groups in total. The maximum absolute atomic E-state index is 12.8. The van der Waals surface area contributed by atoms with Crippen molar-refractivity contribution in [3.8, 4) is 23.0 Å². The highest BCUT2D eigenvalue weighted by Gasteiger charge is 2.22. The average Bonchev–Trinajstić information content (AvgIpc) is 2.53. The summed E-state index contributed by atoms with van der Waals surface area (Å²) in [7, 11) is 0. The van der Waals surface area contributed by atoms with Crippen LogP contribution in [0.1, 0.15) is 13.8 Å². The van der Waals surface area contributed by atoms with E-state index in [0.717, 1.165) is 19.2 Å². The molecular formula is C14H14ClF2N3O3S. The molecule has 0 aliphatic heterocycles. The maximum Gasteiger partial charge on any atom is 0.278 e. The Morgan fingerprint density at radius 1 is 1.21 bits per heavy atom. The molecule has 0 spiro atoms. The van der Waals surface area contributed by atoms with Crippen LogP contribution in [-0.4, -0.2) is 34.1 Å². The number of pyridine rings is 1. The van der Waals surface area contributed by atoms with Crippen molar-refractivity contribution in [3.63, 3.8) is 0 Å². The van der Waals surface area contributed by atoms with Crippen LogP contribution in [0, 0.1) is 0 Å². The molecule has 0 unspecified atom stereocenters. The standard InChI is InChI=1S/C14H14ClF2N3O3S/c1-3-22-24-23-11-4-9(15)5-20-13(11)10-6-19-12(7-18-10)21-8-14(2,16)17/h4-7H,3,8H2,1-2H3. The van der Waals surface area contributed by atoms with Gasteiger partial charge in [-0.3, -0.25) is 4.18 Å². The lowest BCUT2D eigenvalue weighted by atomic mass is 10.2. The molecule has 10 heteroatoms. The van der Waals surface area contributed by atoms with Gasteiger partial charge in [0, 0.05) is 19.2 Å². The van der Waals surface area contributed by atoms with Gasteiger partial charge in [-0.05, 0) is 6.92 Å². The van der Waals surface area contributed by atoms with Gasteiger partial charge in [0.15, 0.2) is 12.4 Å². The zero-order chi connectivity index (χ0) is 17.6. The van der Waals surface area contributed by atoms with Gasteiger partial charge in [0.1, 0.15) is 11.4 Å². The second-order valence-electron chi connectivity index (χ2n) is 4.66. The van der Waals surface area contributed by atoms with Crippen LogP contribution in [-0.2, 0) is 4.18 Å². The number of nitrogens with zero attached hydrogens (tertiary/aromatic N) is 3. The van der Waals surface area contributed by atoms with E-state index in [-0.39, 0.29) is 5.88 Å². The Balaban J connectivity index is 2.15. The molecule has 0 radical (unpaired) electrons. The van der Waals surface area contributed by atoms with E-state index in [9.17, 15) is 8.78 Å². The van der Waals surface area contributed by atoms with E-state index in [4.69, 9.17) is 24.7 Å².